The van der Waals surface area contributed by atoms with Crippen molar-refractivity contribution in [1.29, 1.82) is 0 Å². The Balaban J connectivity index is 1.79. The molecule has 142 valence electrons. The molecule has 0 aliphatic heterocycles. The maximum Gasteiger partial charge on any atom is 0.259 e. The van der Waals surface area contributed by atoms with E-state index in [1.54, 1.807) is 15.8 Å². The molecule has 7 nitrogen and oxygen atoms in total. The van der Waals surface area contributed by atoms with Gasteiger partial charge >= 0.3 is 0 Å². The van der Waals surface area contributed by atoms with Crippen molar-refractivity contribution in [2.24, 2.45) is 0 Å². The van der Waals surface area contributed by atoms with Crippen molar-refractivity contribution >= 4 is 28.7 Å². The number of H-pyrrole nitrogens is 1. The summed E-state index contributed by atoms with van der Waals surface area (Å²) in [5, 5.41) is 7.75. The van der Waals surface area contributed by atoms with E-state index in [1.165, 1.54) is 0 Å². The minimum Gasteiger partial charge on any atom is -0.339 e. The van der Waals surface area contributed by atoms with Crippen molar-refractivity contribution in [1.82, 2.24) is 24.6 Å². The van der Waals surface area contributed by atoms with Crippen molar-refractivity contribution in [3.8, 4) is 5.69 Å². The highest BCUT2D eigenvalue weighted by Crippen LogP contribution is 2.25. The third-order valence-electron chi connectivity index (χ3n) is 4.68. The monoisotopic (exact) mass is 374 g/mol. The lowest BCUT2D eigenvalue weighted by molar-refractivity contribution is 0.0774. The van der Waals surface area contributed by atoms with Crippen molar-refractivity contribution in [2.45, 2.75) is 13.8 Å². The maximum absolute atomic E-state index is 13.0. The highest BCUT2D eigenvalue weighted by Gasteiger charge is 2.23. The van der Waals surface area contributed by atoms with E-state index in [2.05, 4.69) is 20.4 Å². The fraction of sp³-hybridized carbons (Fsp3) is 0.190. The lowest BCUT2D eigenvalue weighted by Gasteiger charge is -2.19. The number of rotatable bonds is 6. The second-order valence-corrected chi connectivity index (χ2v) is 6.36. The van der Waals surface area contributed by atoms with Crippen LogP contribution in [0.25, 0.3) is 16.7 Å². The second-order valence-electron chi connectivity index (χ2n) is 6.36. The summed E-state index contributed by atoms with van der Waals surface area (Å²) in [7, 11) is 0. The minimum absolute atomic E-state index is 0.0641. The number of aromatic amines is 1. The van der Waals surface area contributed by atoms with Crippen LogP contribution in [-0.2, 0) is 0 Å². The van der Waals surface area contributed by atoms with Crippen molar-refractivity contribution in [2.75, 3.05) is 18.4 Å². The Bertz CT molecular complexity index is 1060. The standard InChI is InChI=1S/C21H22N6O/c1-3-26(4-2)20(28)16-14-22-27(15-10-6-5-7-11-15)19(16)25-21-23-17-12-8-9-13-18(17)24-21/h5-14H,3-4H2,1-2H3,(H2,23,24,25). The van der Waals surface area contributed by atoms with Gasteiger partial charge in [0.1, 0.15) is 11.4 Å². The maximum atomic E-state index is 13.0. The molecule has 0 atom stereocenters. The normalized spacial score (nSPS) is 10.9. The number of aromatic nitrogens is 4. The van der Waals surface area contributed by atoms with E-state index in [-0.39, 0.29) is 5.91 Å². The van der Waals surface area contributed by atoms with Crippen LogP contribution < -0.4 is 5.32 Å². The molecule has 0 aliphatic rings. The molecule has 0 fully saturated rings. The number of benzene rings is 2. The van der Waals surface area contributed by atoms with Crippen LogP contribution in [0.2, 0.25) is 0 Å². The number of anilines is 2. The summed E-state index contributed by atoms with van der Waals surface area (Å²) in [6.45, 7) is 5.20. The van der Waals surface area contributed by atoms with Crippen LogP contribution in [0.3, 0.4) is 0 Å². The van der Waals surface area contributed by atoms with Crippen LogP contribution in [0.15, 0.2) is 60.8 Å². The molecular weight excluding hydrogens is 352 g/mol. The van der Waals surface area contributed by atoms with E-state index in [4.69, 9.17) is 0 Å². The molecule has 4 rings (SSSR count). The lowest BCUT2D eigenvalue weighted by Crippen LogP contribution is -2.30. The fourth-order valence-electron chi connectivity index (χ4n) is 3.20. The number of amides is 1. The molecule has 0 spiro atoms. The highest BCUT2D eigenvalue weighted by molar-refractivity contribution is 5.99. The van der Waals surface area contributed by atoms with Crippen LogP contribution in [0.5, 0.6) is 0 Å². The van der Waals surface area contributed by atoms with E-state index in [9.17, 15) is 4.79 Å². The molecule has 2 N–H and O–H groups in total. The van der Waals surface area contributed by atoms with E-state index < -0.39 is 0 Å². The van der Waals surface area contributed by atoms with Gasteiger partial charge in [-0.1, -0.05) is 30.3 Å². The Kier molecular flexibility index (Phi) is 4.80. The largest absolute Gasteiger partial charge is 0.339 e. The predicted octanol–water partition coefficient (Wildman–Crippen LogP) is 3.97. The first kappa shape index (κ1) is 17.8. The molecule has 2 heterocycles. The molecular formula is C21H22N6O. The molecule has 2 aromatic heterocycles. The number of nitrogens with zero attached hydrogens (tertiary/aromatic N) is 4. The van der Waals surface area contributed by atoms with Gasteiger partial charge in [-0.05, 0) is 38.1 Å². The van der Waals surface area contributed by atoms with Crippen LogP contribution in [0, 0.1) is 0 Å². The van der Waals surface area contributed by atoms with Gasteiger partial charge in [-0.25, -0.2) is 9.67 Å². The van der Waals surface area contributed by atoms with Crippen LogP contribution in [0.1, 0.15) is 24.2 Å². The smallest absolute Gasteiger partial charge is 0.259 e. The van der Waals surface area contributed by atoms with E-state index in [0.717, 1.165) is 16.7 Å². The zero-order valence-corrected chi connectivity index (χ0v) is 15.9. The first-order valence-electron chi connectivity index (χ1n) is 9.35. The fourth-order valence-corrected chi connectivity index (χ4v) is 3.20. The number of para-hydroxylation sites is 3. The van der Waals surface area contributed by atoms with Gasteiger partial charge in [0, 0.05) is 13.1 Å². The summed E-state index contributed by atoms with van der Waals surface area (Å²) in [5.74, 6) is 1.08. The number of nitrogens with one attached hydrogen (secondary N) is 2. The summed E-state index contributed by atoms with van der Waals surface area (Å²) in [4.78, 5) is 22.6. The Morgan fingerprint density at radius 1 is 1.07 bits per heavy atom. The Labute approximate surface area is 163 Å². The molecule has 1 amide bonds. The summed E-state index contributed by atoms with van der Waals surface area (Å²) in [5.41, 5.74) is 3.15. The topological polar surface area (TPSA) is 78.8 Å². The van der Waals surface area contributed by atoms with Crippen molar-refractivity contribution in [3.05, 3.63) is 66.4 Å². The quantitative estimate of drug-likeness (QED) is 0.535. The Morgan fingerprint density at radius 3 is 2.50 bits per heavy atom. The third-order valence-corrected chi connectivity index (χ3v) is 4.68. The lowest BCUT2D eigenvalue weighted by atomic mass is 10.2. The minimum atomic E-state index is -0.0641. The summed E-state index contributed by atoms with van der Waals surface area (Å²) >= 11 is 0. The van der Waals surface area contributed by atoms with Gasteiger partial charge in [0.15, 0.2) is 0 Å². The number of carbonyl (C=O) groups is 1. The Hall–Kier alpha value is -3.61. The van der Waals surface area contributed by atoms with Gasteiger partial charge in [0.2, 0.25) is 5.95 Å². The zero-order chi connectivity index (χ0) is 19.5. The Morgan fingerprint density at radius 2 is 1.79 bits per heavy atom. The molecule has 0 saturated carbocycles. The molecule has 0 radical (unpaired) electrons. The molecule has 2 aromatic carbocycles. The van der Waals surface area contributed by atoms with Gasteiger partial charge in [-0.2, -0.15) is 5.10 Å². The average Bonchev–Trinajstić information content (AvgIpc) is 3.33. The van der Waals surface area contributed by atoms with Gasteiger partial charge in [0.25, 0.3) is 5.91 Å². The summed E-state index contributed by atoms with van der Waals surface area (Å²) in [6, 6.07) is 17.5. The average molecular weight is 374 g/mol. The molecule has 0 aliphatic carbocycles. The molecule has 28 heavy (non-hydrogen) atoms. The van der Waals surface area contributed by atoms with E-state index >= 15 is 0 Å². The molecule has 0 bridgehead atoms. The van der Waals surface area contributed by atoms with Crippen molar-refractivity contribution < 1.29 is 4.79 Å². The summed E-state index contributed by atoms with van der Waals surface area (Å²) in [6.07, 6.45) is 1.61. The summed E-state index contributed by atoms with van der Waals surface area (Å²) < 4.78 is 1.73. The number of hydrogen-bond acceptors (Lipinski definition) is 4. The van der Waals surface area contributed by atoms with E-state index in [1.807, 2.05) is 68.4 Å². The molecule has 0 unspecified atom stereocenters. The number of hydrogen-bond donors (Lipinski definition) is 2. The highest BCUT2D eigenvalue weighted by atomic mass is 16.2. The molecule has 4 aromatic rings. The second kappa shape index (κ2) is 7.56. The zero-order valence-electron chi connectivity index (χ0n) is 15.9. The SMILES string of the molecule is CCN(CC)C(=O)c1cnn(-c2ccccc2)c1Nc1nc2ccccc2[nH]1. The van der Waals surface area contributed by atoms with Crippen molar-refractivity contribution in [3.63, 3.8) is 0 Å². The number of fused-ring (bicyclic) bond motifs is 1. The predicted molar refractivity (Wildman–Crippen MR) is 110 cm³/mol. The number of imidazole rings is 1. The third kappa shape index (κ3) is 3.22. The van der Waals surface area contributed by atoms with Gasteiger partial charge < -0.3 is 15.2 Å². The van der Waals surface area contributed by atoms with E-state index in [0.29, 0.717) is 30.4 Å². The van der Waals surface area contributed by atoms with Gasteiger partial charge in [0.05, 0.1) is 22.9 Å². The molecule has 7 heteroatoms. The number of carbonyl (C=O) groups excluding carboxylic acids is 1. The first-order chi connectivity index (χ1) is 13.7. The van der Waals surface area contributed by atoms with Gasteiger partial charge in [-0.15, -0.1) is 0 Å². The van der Waals surface area contributed by atoms with Gasteiger partial charge in [-0.3, -0.25) is 4.79 Å². The van der Waals surface area contributed by atoms with Crippen LogP contribution >= 0.6 is 0 Å². The van der Waals surface area contributed by atoms with Crippen LogP contribution in [0.4, 0.5) is 11.8 Å². The van der Waals surface area contributed by atoms with Crippen LogP contribution in [-0.4, -0.2) is 43.6 Å². The first-order valence-corrected chi connectivity index (χ1v) is 9.35. The molecule has 0 saturated heterocycles.